The Morgan fingerprint density at radius 3 is 2.22 bits per heavy atom. The Morgan fingerprint density at radius 2 is 1.66 bits per heavy atom. The number of aliphatic hydroxyl groups is 1. The standard InChI is InChI=1S/C24H36N4O4/c1-18(25)23(19(2)29)24(31)28(17-9-4-3-6-10-22(30)26-32)21-13-11-20(12-14-21)27-15-7-5-8-16-27/h11-14,25,29,32H,3-10,15-17H2,1-2H3,(H,26,30)/b23-19+,25-18?. The van der Waals surface area contributed by atoms with Gasteiger partial charge in [-0.2, -0.15) is 0 Å². The molecule has 0 saturated carbocycles. The summed E-state index contributed by atoms with van der Waals surface area (Å²) in [6.07, 6.45) is 6.90. The summed E-state index contributed by atoms with van der Waals surface area (Å²) in [5.74, 6) is -0.944. The van der Waals surface area contributed by atoms with E-state index in [2.05, 4.69) is 4.90 Å². The van der Waals surface area contributed by atoms with Crippen molar-refractivity contribution in [1.29, 1.82) is 5.41 Å². The van der Waals surface area contributed by atoms with E-state index < -0.39 is 5.91 Å². The molecule has 1 aromatic carbocycles. The minimum atomic E-state index is -0.398. The smallest absolute Gasteiger partial charge is 0.263 e. The van der Waals surface area contributed by atoms with E-state index in [0.717, 1.165) is 43.7 Å². The Kier molecular flexibility index (Phi) is 10.2. The third kappa shape index (κ3) is 7.37. The quantitative estimate of drug-likeness (QED) is 0.101. The van der Waals surface area contributed by atoms with E-state index in [0.29, 0.717) is 13.0 Å². The Bertz CT molecular complexity index is 810. The van der Waals surface area contributed by atoms with Gasteiger partial charge in [-0.25, -0.2) is 5.48 Å². The zero-order chi connectivity index (χ0) is 23.5. The molecule has 1 aliphatic rings. The van der Waals surface area contributed by atoms with Crippen molar-refractivity contribution < 1.29 is 19.9 Å². The second-order valence-corrected chi connectivity index (χ2v) is 8.31. The van der Waals surface area contributed by atoms with Crippen molar-refractivity contribution in [2.45, 2.75) is 65.2 Å². The molecule has 1 aliphatic heterocycles. The highest BCUT2D eigenvalue weighted by molar-refractivity contribution is 6.24. The van der Waals surface area contributed by atoms with E-state index >= 15 is 0 Å². The van der Waals surface area contributed by atoms with Crippen molar-refractivity contribution in [1.82, 2.24) is 5.48 Å². The lowest BCUT2D eigenvalue weighted by atomic mass is 10.1. The summed E-state index contributed by atoms with van der Waals surface area (Å²) in [4.78, 5) is 28.3. The molecule has 0 spiro atoms. The molecule has 1 aromatic rings. The number of benzene rings is 1. The van der Waals surface area contributed by atoms with E-state index in [1.165, 1.54) is 33.1 Å². The van der Waals surface area contributed by atoms with E-state index in [-0.39, 0.29) is 29.4 Å². The number of rotatable bonds is 11. The van der Waals surface area contributed by atoms with Gasteiger partial charge in [0.05, 0.1) is 5.57 Å². The average Bonchev–Trinajstić information content (AvgIpc) is 2.78. The normalized spacial score (nSPS) is 14.5. The second kappa shape index (κ2) is 12.9. The fourth-order valence-electron chi connectivity index (χ4n) is 4.03. The Labute approximate surface area is 190 Å². The van der Waals surface area contributed by atoms with Gasteiger partial charge in [-0.1, -0.05) is 12.8 Å². The number of amides is 2. The highest BCUT2D eigenvalue weighted by Crippen LogP contribution is 2.25. The first-order valence-corrected chi connectivity index (χ1v) is 11.4. The van der Waals surface area contributed by atoms with Crippen molar-refractivity contribution in [2.24, 2.45) is 0 Å². The summed E-state index contributed by atoms with van der Waals surface area (Å²) in [6, 6.07) is 7.91. The zero-order valence-electron chi connectivity index (χ0n) is 19.2. The fourth-order valence-corrected chi connectivity index (χ4v) is 4.03. The number of carbonyl (C=O) groups is 2. The van der Waals surface area contributed by atoms with Gasteiger partial charge in [0.25, 0.3) is 5.91 Å². The van der Waals surface area contributed by atoms with Crippen LogP contribution in [-0.2, 0) is 9.59 Å². The minimum absolute atomic E-state index is 0.0183. The molecule has 4 N–H and O–H groups in total. The molecule has 0 bridgehead atoms. The minimum Gasteiger partial charge on any atom is -0.512 e. The van der Waals surface area contributed by atoms with Crippen LogP contribution in [0.1, 0.15) is 65.2 Å². The molecule has 1 fully saturated rings. The predicted molar refractivity (Wildman–Crippen MR) is 127 cm³/mol. The van der Waals surface area contributed by atoms with Gasteiger partial charge >= 0.3 is 0 Å². The molecule has 2 rings (SSSR count). The van der Waals surface area contributed by atoms with Crippen molar-refractivity contribution >= 4 is 28.9 Å². The van der Waals surface area contributed by atoms with Gasteiger partial charge < -0.3 is 20.3 Å². The van der Waals surface area contributed by atoms with Crippen LogP contribution in [0.2, 0.25) is 0 Å². The molecule has 0 unspecified atom stereocenters. The monoisotopic (exact) mass is 444 g/mol. The maximum atomic E-state index is 13.2. The molecule has 0 atom stereocenters. The number of anilines is 2. The predicted octanol–water partition coefficient (Wildman–Crippen LogP) is 4.34. The molecule has 1 saturated heterocycles. The number of nitrogens with zero attached hydrogens (tertiary/aromatic N) is 2. The first-order valence-electron chi connectivity index (χ1n) is 11.4. The van der Waals surface area contributed by atoms with E-state index in [9.17, 15) is 14.7 Å². The highest BCUT2D eigenvalue weighted by Gasteiger charge is 2.24. The van der Waals surface area contributed by atoms with Gasteiger partial charge in [0.15, 0.2) is 0 Å². The zero-order valence-corrected chi connectivity index (χ0v) is 19.2. The van der Waals surface area contributed by atoms with E-state index in [1.807, 2.05) is 24.3 Å². The number of carbonyl (C=O) groups excluding carboxylic acids is 2. The molecular weight excluding hydrogens is 408 g/mol. The lowest BCUT2D eigenvalue weighted by Crippen LogP contribution is -2.35. The SMILES string of the molecule is CC(=N)/C(C(=O)N(CCCCCCC(=O)NO)c1ccc(N2CCCCC2)cc1)=C(/C)O. The van der Waals surface area contributed by atoms with Crippen LogP contribution in [0, 0.1) is 5.41 Å². The molecule has 0 aromatic heterocycles. The first kappa shape index (κ1) is 25.4. The van der Waals surface area contributed by atoms with Gasteiger partial charge in [-0.05, 0) is 70.2 Å². The summed E-state index contributed by atoms with van der Waals surface area (Å²) >= 11 is 0. The van der Waals surface area contributed by atoms with Crippen LogP contribution in [-0.4, -0.2) is 47.5 Å². The lowest BCUT2D eigenvalue weighted by molar-refractivity contribution is -0.129. The van der Waals surface area contributed by atoms with Crippen LogP contribution < -0.4 is 15.3 Å². The molecule has 1 heterocycles. The Morgan fingerprint density at radius 1 is 1.03 bits per heavy atom. The molecule has 8 nitrogen and oxygen atoms in total. The molecule has 2 amide bonds. The largest absolute Gasteiger partial charge is 0.512 e. The van der Waals surface area contributed by atoms with Crippen molar-refractivity contribution in [2.75, 3.05) is 29.4 Å². The average molecular weight is 445 g/mol. The number of hydroxylamine groups is 1. The number of hydrogen-bond donors (Lipinski definition) is 4. The Hall–Kier alpha value is -2.87. The van der Waals surface area contributed by atoms with Crippen LogP contribution in [0.5, 0.6) is 0 Å². The summed E-state index contributed by atoms with van der Waals surface area (Å²) < 4.78 is 0. The lowest BCUT2D eigenvalue weighted by Gasteiger charge is -2.30. The molecule has 176 valence electrons. The number of piperidine rings is 1. The topological polar surface area (TPSA) is 117 Å². The summed E-state index contributed by atoms with van der Waals surface area (Å²) in [6.45, 7) is 5.45. The molecule has 0 aliphatic carbocycles. The van der Waals surface area contributed by atoms with Crippen molar-refractivity contribution in [3.05, 3.63) is 35.6 Å². The summed E-state index contributed by atoms with van der Waals surface area (Å²) in [7, 11) is 0. The number of allylic oxidation sites excluding steroid dienone is 1. The van der Waals surface area contributed by atoms with Gasteiger partial charge in [0.2, 0.25) is 5.91 Å². The van der Waals surface area contributed by atoms with E-state index in [1.54, 1.807) is 10.4 Å². The Balaban J connectivity index is 2.11. The van der Waals surface area contributed by atoms with Crippen LogP contribution in [0.25, 0.3) is 0 Å². The van der Waals surface area contributed by atoms with Crippen LogP contribution in [0.4, 0.5) is 11.4 Å². The number of nitrogens with one attached hydrogen (secondary N) is 2. The van der Waals surface area contributed by atoms with Crippen molar-refractivity contribution in [3.63, 3.8) is 0 Å². The third-order valence-electron chi connectivity index (χ3n) is 5.74. The molecule has 32 heavy (non-hydrogen) atoms. The van der Waals surface area contributed by atoms with Crippen molar-refractivity contribution in [3.8, 4) is 0 Å². The maximum Gasteiger partial charge on any atom is 0.263 e. The first-order chi connectivity index (χ1) is 15.3. The van der Waals surface area contributed by atoms with Crippen LogP contribution in [0.3, 0.4) is 0 Å². The second-order valence-electron chi connectivity index (χ2n) is 8.31. The number of aliphatic hydroxyl groups excluding tert-OH is 1. The van der Waals surface area contributed by atoms with Gasteiger partial charge in [-0.3, -0.25) is 14.8 Å². The summed E-state index contributed by atoms with van der Waals surface area (Å²) in [5, 5.41) is 26.5. The van der Waals surface area contributed by atoms with Gasteiger partial charge in [-0.15, -0.1) is 0 Å². The van der Waals surface area contributed by atoms with Gasteiger partial charge in [0.1, 0.15) is 5.76 Å². The molecular formula is C24H36N4O4. The van der Waals surface area contributed by atoms with Gasteiger partial charge in [0, 0.05) is 43.1 Å². The molecule has 0 radical (unpaired) electrons. The maximum absolute atomic E-state index is 13.2. The van der Waals surface area contributed by atoms with Crippen LogP contribution >= 0.6 is 0 Å². The number of hydrogen-bond acceptors (Lipinski definition) is 6. The summed E-state index contributed by atoms with van der Waals surface area (Å²) in [5.41, 5.74) is 3.55. The van der Waals surface area contributed by atoms with E-state index in [4.69, 9.17) is 10.6 Å². The molecule has 8 heteroatoms. The highest BCUT2D eigenvalue weighted by atomic mass is 16.5. The fraction of sp³-hybridized carbons (Fsp3) is 0.542. The van der Waals surface area contributed by atoms with Crippen LogP contribution in [0.15, 0.2) is 35.6 Å². The third-order valence-corrected chi connectivity index (χ3v) is 5.74. The number of unbranched alkanes of at least 4 members (excludes halogenated alkanes) is 3.